The van der Waals surface area contributed by atoms with E-state index in [9.17, 15) is 0 Å². The van der Waals surface area contributed by atoms with Crippen LogP contribution in [-0.2, 0) is 0 Å². The summed E-state index contributed by atoms with van der Waals surface area (Å²) in [4.78, 5) is 5.05. The first-order valence-corrected chi connectivity index (χ1v) is 19.7. The molecule has 0 saturated heterocycles. The predicted octanol–water partition coefficient (Wildman–Crippen LogP) is 12.4. The summed E-state index contributed by atoms with van der Waals surface area (Å²) in [5, 5.41) is 0. The van der Waals surface area contributed by atoms with E-state index < -0.39 is 0 Å². The lowest BCUT2D eigenvalue weighted by atomic mass is 9.33. The Labute approximate surface area is 334 Å². The molecular formula is C54H37BN2. The molecule has 2 aliphatic rings. The summed E-state index contributed by atoms with van der Waals surface area (Å²) in [6, 6.07) is 82.0. The van der Waals surface area contributed by atoms with Crippen LogP contribution in [0.5, 0.6) is 0 Å². The Kier molecular flexibility index (Phi) is 7.96. The van der Waals surface area contributed by atoms with E-state index in [-0.39, 0.29) is 6.71 Å². The first-order valence-electron chi connectivity index (χ1n) is 19.7. The molecule has 0 atom stereocenters. The molecule has 0 aromatic heterocycles. The van der Waals surface area contributed by atoms with Gasteiger partial charge in [0.05, 0.1) is 5.69 Å². The Morgan fingerprint density at radius 2 is 0.754 bits per heavy atom. The molecule has 2 aliphatic heterocycles. The third kappa shape index (κ3) is 5.51. The van der Waals surface area contributed by atoms with Gasteiger partial charge < -0.3 is 9.80 Å². The summed E-state index contributed by atoms with van der Waals surface area (Å²) < 4.78 is 0. The maximum Gasteiger partial charge on any atom is 0.252 e. The van der Waals surface area contributed by atoms with Crippen molar-refractivity contribution in [2.75, 3.05) is 9.80 Å². The number of rotatable bonds is 6. The fourth-order valence-electron chi connectivity index (χ4n) is 9.13. The van der Waals surface area contributed by atoms with Crippen LogP contribution < -0.4 is 26.2 Å². The van der Waals surface area contributed by atoms with Crippen LogP contribution in [-0.4, -0.2) is 6.71 Å². The van der Waals surface area contributed by atoms with Gasteiger partial charge in [0.15, 0.2) is 0 Å². The molecule has 3 heteroatoms. The van der Waals surface area contributed by atoms with Gasteiger partial charge >= 0.3 is 0 Å². The Bertz CT molecular complexity index is 2890. The zero-order valence-electron chi connectivity index (χ0n) is 31.3. The molecule has 9 aromatic carbocycles. The van der Waals surface area contributed by atoms with Crippen LogP contribution in [0.3, 0.4) is 0 Å². The van der Waals surface area contributed by atoms with E-state index >= 15 is 0 Å². The van der Waals surface area contributed by atoms with Gasteiger partial charge in [-0.2, -0.15) is 0 Å². The van der Waals surface area contributed by atoms with Crippen molar-refractivity contribution in [2.45, 2.75) is 0 Å². The number of hydrogen-bond donors (Lipinski definition) is 0. The van der Waals surface area contributed by atoms with Crippen LogP contribution in [0.4, 0.5) is 34.1 Å². The molecular weight excluding hydrogens is 687 g/mol. The molecule has 266 valence electrons. The van der Waals surface area contributed by atoms with Gasteiger partial charge in [-0.25, -0.2) is 0 Å². The lowest BCUT2D eigenvalue weighted by Crippen LogP contribution is -2.61. The average molecular weight is 725 g/mol. The minimum atomic E-state index is 0.00895. The van der Waals surface area contributed by atoms with Gasteiger partial charge in [0.2, 0.25) is 0 Å². The smallest absolute Gasteiger partial charge is 0.252 e. The topological polar surface area (TPSA) is 6.48 Å². The van der Waals surface area contributed by atoms with Crippen molar-refractivity contribution < 1.29 is 0 Å². The molecule has 0 fully saturated rings. The molecule has 2 nitrogen and oxygen atoms in total. The highest BCUT2D eigenvalue weighted by Crippen LogP contribution is 2.48. The fourth-order valence-corrected chi connectivity index (χ4v) is 9.13. The van der Waals surface area contributed by atoms with Gasteiger partial charge in [-0.05, 0) is 86.2 Å². The van der Waals surface area contributed by atoms with Crippen LogP contribution >= 0.6 is 0 Å². The van der Waals surface area contributed by atoms with Crippen LogP contribution in [0.15, 0.2) is 224 Å². The summed E-state index contributed by atoms with van der Waals surface area (Å²) in [5.41, 5.74) is 20.6. The van der Waals surface area contributed by atoms with Gasteiger partial charge in [0, 0.05) is 39.6 Å². The van der Waals surface area contributed by atoms with Crippen molar-refractivity contribution in [3.63, 3.8) is 0 Å². The Morgan fingerprint density at radius 3 is 1.42 bits per heavy atom. The zero-order valence-corrected chi connectivity index (χ0v) is 31.3. The van der Waals surface area contributed by atoms with E-state index in [0.29, 0.717) is 0 Å². The first kappa shape index (κ1) is 33.0. The highest BCUT2D eigenvalue weighted by atomic mass is 15.2. The quantitative estimate of drug-likeness (QED) is 0.158. The first-order chi connectivity index (χ1) is 28.3. The van der Waals surface area contributed by atoms with E-state index in [1.807, 2.05) is 0 Å². The molecule has 0 radical (unpaired) electrons. The maximum absolute atomic E-state index is 2.53. The van der Waals surface area contributed by atoms with Crippen LogP contribution in [0, 0.1) is 0 Å². The second kappa shape index (κ2) is 13.7. The molecule has 0 saturated carbocycles. The third-order valence-electron chi connectivity index (χ3n) is 11.7. The van der Waals surface area contributed by atoms with Crippen molar-refractivity contribution in [3.05, 3.63) is 224 Å². The van der Waals surface area contributed by atoms with E-state index in [0.717, 1.165) is 11.4 Å². The Hall–Kier alpha value is -7.36. The average Bonchev–Trinajstić information content (AvgIpc) is 3.30. The summed E-state index contributed by atoms with van der Waals surface area (Å²) in [6.07, 6.45) is 0. The molecule has 0 aliphatic carbocycles. The lowest BCUT2D eigenvalue weighted by molar-refractivity contribution is 1.25. The Balaban J connectivity index is 1.20. The molecule has 57 heavy (non-hydrogen) atoms. The van der Waals surface area contributed by atoms with Crippen molar-refractivity contribution in [1.82, 2.24) is 0 Å². The standard InChI is InChI=1S/C54H37BN2/c1-5-17-38(18-6-1)40-31-34-44(35-32-40)56-50-29-16-30-51-53(50)55(48-27-15-26-46(54(48)56)42-23-11-4-12-24-42)47-36-33-43(39-19-7-2-8-20-39)37-52(47)57(51)49-28-14-13-25-45(49)41-21-9-3-10-22-41/h1-37H. The van der Waals surface area contributed by atoms with Crippen LogP contribution in [0.25, 0.3) is 44.5 Å². The van der Waals surface area contributed by atoms with Gasteiger partial charge in [-0.15, -0.1) is 0 Å². The van der Waals surface area contributed by atoms with Crippen molar-refractivity contribution >= 4 is 57.2 Å². The second-order valence-corrected chi connectivity index (χ2v) is 14.9. The highest BCUT2D eigenvalue weighted by molar-refractivity contribution is 7.00. The summed E-state index contributed by atoms with van der Waals surface area (Å²) in [6.45, 7) is 0.00895. The molecule has 0 unspecified atom stereocenters. The molecule has 0 N–H and O–H groups in total. The molecule has 0 bridgehead atoms. The summed E-state index contributed by atoms with van der Waals surface area (Å²) in [5.74, 6) is 0. The SMILES string of the molecule is c1ccc(-c2ccc(N3c4cccc5c4B(c4ccc(-c6ccccc6)cc4N5c4ccccc4-c4ccccc4)c4cccc(-c5ccccc5)c43)cc2)cc1. The third-order valence-corrected chi connectivity index (χ3v) is 11.7. The zero-order chi connectivity index (χ0) is 37.7. The molecule has 9 aromatic rings. The largest absolute Gasteiger partial charge is 0.311 e. The second-order valence-electron chi connectivity index (χ2n) is 14.9. The number of nitrogens with zero attached hydrogens (tertiary/aromatic N) is 2. The number of fused-ring (bicyclic) bond motifs is 4. The molecule has 11 rings (SSSR count). The summed E-state index contributed by atoms with van der Waals surface area (Å²) >= 11 is 0. The van der Waals surface area contributed by atoms with E-state index in [4.69, 9.17) is 0 Å². The maximum atomic E-state index is 2.53. The van der Waals surface area contributed by atoms with Gasteiger partial charge in [0.1, 0.15) is 0 Å². The highest BCUT2D eigenvalue weighted by Gasteiger charge is 2.44. The van der Waals surface area contributed by atoms with Crippen molar-refractivity contribution in [3.8, 4) is 44.5 Å². The predicted molar refractivity (Wildman–Crippen MR) is 242 cm³/mol. The van der Waals surface area contributed by atoms with E-state index in [1.165, 1.54) is 83.6 Å². The van der Waals surface area contributed by atoms with E-state index in [1.54, 1.807) is 0 Å². The Morgan fingerprint density at radius 1 is 0.281 bits per heavy atom. The van der Waals surface area contributed by atoms with Crippen molar-refractivity contribution in [1.29, 1.82) is 0 Å². The molecule has 0 spiro atoms. The van der Waals surface area contributed by atoms with Crippen LogP contribution in [0.2, 0.25) is 0 Å². The monoisotopic (exact) mass is 724 g/mol. The fraction of sp³-hybridized carbons (Fsp3) is 0. The number of hydrogen-bond acceptors (Lipinski definition) is 2. The van der Waals surface area contributed by atoms with Gasteiger partial charge in [-0.3, -0.25) is 0 Å². The lowest BCUT2D eigenvalue weighted by Gasteiger charge is -2.45. The molecule has 2 heterocycles. The van der Waals surface area contributed by atoms with Crippen molar-refractivity contribution in [2.24, 2.45) is 0 Å². The normalized spacial score (nSPS) is 12.5. The van der Waals surface area contributed by atoms with E-state index in [2.05, 4.69) is 234 Å². The number of para-hydroxylation sites is 2. The number of anilines is 6. The van der Waals surface area contributed by atoms with Crippen LogP contribution in [0.1, 0.15) is 0 Å². The minimum Gasteiger partial charge on any atom is -0.311 e. The minimum absolute atomic E-state index is 0.00895. The van der Waals surface area contributed by atoms with Gasteiger partial charge in [0.25, 0.3) is 6.71 Å². The summed E-state index contributed by atoms with van der Waals surface area (Å²) in [7, 11) is 0. The molecule has 0 amide bonds. The number of benzene rings is 9. The van der Waals surface area contributed by atoms with Gasteiger partial charge in [-0.1, -0.05) is 188 Å².